The molecule has 0 unspecified atom stereocenters. The Morgan fingerprint density at radius 1 is 0.762 bits per heavy atom. The molecule has 116 valence electrons. The zero-order chi connectivity index (χ0) is 14.7. The summed E-state index contributed by atoms with van der Waals surface area (Å²) < 4.78 is 16.7. The first-order valence-corrected chi connectivity index (χ1v) is 19.8. The fraction of sp³-hybridized carbons (Fsp3) is 0.667. The molecule has 2 aliphatic rings. The van der Waals surface area contributed by atoms with E-state index < -0.39 is 16.2 Å². The van der Waals surface area contributed by atoms with Gasteiger partial charge in [-0.15, -0.1) is 0 Å². The molecular formula is C18H26BrFSn. The summed E-state index contributed by atoms with van der Waals surface area (Å²) in [6, 6.07) is 7.61. The van der Waals surface area contributed by atoms with Crippen LogP contribution in [0, 0.1) is 5.82 Å². The molecule has 0 radical (unpaired) electrons. The van der Waals surface area contributed by atoms with Crippen molar-refractivity contribution in [2.24, 2.45) is 0 Å². The van der Waals surface area contributed by atoms with Crippen molar-refractivity contribution in [1.82, 2.24) is 0 Å². The number of halogens is 2. The van der Waals surface area contributed by atoms with E-state index in [1.165, 1.54) is 67.8 Å². The van der Waals surface area contributed by atoms with E-state index >= 15 is 0 Å². The third-order valence-electron chi connectivity index (χ3n) is 5.69. The van der Waals surface area contributed by atoms with Crippen molar-refractivity contribution >= 4 is 32.4 Å². The summed E-state index contributed by atoms with van der Waals surface area (Å²) in [4.78, 5) is 0. The molecule has 3 heteroatoms. The summed E-state index contributed by atoms with van der Waals surface area (Å²) >= 11 is 1.82. The molecule has 1 aromatic carbocycles. The predicted octanol–water partition coefficient (Wildman–Crippen LogP) is 6.04. The zero-order valence-corrected chi connectivity index (χ0v) is 17.2. The molecule has 21 heavy (non-hydrogen) atoms. The van der Waals surface area contributed by atoms with Crippen LogP contribution in [-0.2, 0) is 0 Å². The van der Waals surface area contributed by atoms with Crippen molar-refractivity contribution in [3.05, 3.63) is 30.1 Å². The van der Waals surface area contributed by atoms with E-state index in [9.17, 15) is 4.39 Å². The van der Waals surface area contributed by atoms with Crippen LogP contribution in [0.1, 0.15) is 64.2 Å². The molecule has 0 bridgehead atoms. The molecule has 0 nitrogen and oxygen atoms in total. The van der Waals surface area contributed by atoms with E-state index in [1.807, 2.05) is 0 Å². The normalized spacial score (nSPS) is 22.4. The number of benzene rings is 1. The quantitative estimate of drug-likeness (QED) is 0.483. The van der Waals surface area contributed by atoms with Crippen LogP contribution in [-0.4, -0.2) is 16.2 Å². The van der Waals surface area contributed by atoms with Gasteiger partial charge in [0.05, 0.1) is 0 Å². The van der Waals surface area contributed by atoms with Gasteiger partial charge in [-0.25, -0.2) is 0 Å². The van der Waals surface area contributed by atoms with Crippen LogP contribution in [0.25, 0.3) is 0 Å². The number of rotatable bonds is 3. The molecule has 0 N–H and O–H groups in total. The minimum absolute atomic E-state index is 0.0906. The molecule has 0 atom stereocenters. The predicted molar refractivity (Wildman–Crippen MR) is 94.4 cm³/mol. The van der Waals surface area contributed by atoms with Gasteiger partial charge in [0.1, 0.15) is 0 Å². The molecule has 0 saturated heterocycles. The van der Waals surface area contributed by atoms with Crippen LogP contribution < -0.4 is 3.58 Å². The summed E-state index contributed by atoms with van der Waals surface area (Å²) in [6.07, 6.45) is 14.1. The van der Waals surface area contributed by atoms with Crippen molar-refractivity contribution in [3.63, 3.8) is 0 Å². The van der Waals surface area contributed by atoms with E-state index in [-0.39, 0.29) is 5.82 Å². The van der Waals surface area contributed by atoms with Crippen molar-refractivity contribution < 1.29 is 4.39 Å². The second-order valence-corrected chi connectivity index (χ2v) is 26.4. The number of hydrogen-bond donors (Lipinski definition) is 0. The first kappa shape index (κ1) is 16.3. The van der Waals surface area contributed by atoms with Crippen LogP contribution in [0.5, 0.6) is 0 Å². The maximum absolute atomic E-state index is 13.4. The number of hydrogen-bond acceptors (Lipinski definition) is 0. The SMILES string of the molecule is Fc1cc[c]([Sn]([Br])([CH]2CCCCC2)[CH]2CCCCC2)cc1. The Hall–Kier alpha value is 0.429. The molecule has 0 aliphatic heterocycles. The van der Waals surface area contributed by atoms with Gasteiger partial charge in [-0.05, 0) is 0 Å². The van der Waals surface area contributed by atoms with Crippen molar-refractivity contribution in [2.45, 2.75) is 72.1 Å². The molecule has 3 rings (SSSR count). The molecule has 0 spiro atoms. The summed E-state index contributed by atoms with van der Waals surface area (Å²) in [5.41, 5.74) is 0. The third-order valence-corrected chi connectivity index (χ3v) is 31.0. The van der Waals surface area contributed by atoms with E-state index in [0.29, 0.717) is 0 Å². The van der Waals surface area contributed by atoms with Gasteiger partial charge in [-0.2, -0.15) is 0 Å². The van der Waals surface area contributed by atoms with Crippen LogP contribution >= 0.6 is 12.7 Å². The summed E-state index contributed by atoms with van der Waals surface area (Å²) in [6.45, 7) is 0. The van der Waals surface area contributed by atoms with Gasteiger partial charge in [-0.1, -0.05) is 0 Å². The van der Waals surface area contributed by atoms with Crippen LogP contribution in [0.15, 0.2) is 24.3 Å². The Morgan fingerprint density at radius 3 is 1.62 bits per heavy atom. The summed E-state index contributed by atoms with van der Waals surface area (Å²) in [5.74, 6) is -0.0906. The van der Waals surface area contributed by atoms with Crippen LogP contribution in [0.3, 0.4) is 0 Å². The first-order chi connectivity index (χ1) is 10.2. The van der Waals surface area contributed by atoms with Gasteiger partial charge < -0.3 is 0 Å². The summed E-state index contributed by atoms with van der Waals surface area (Å²) in [7, 11) is 0. The van der Waals surface area contributed by atoms with Gasteiger partial charge in [0.2, 0.25) is 0 Å². The van der Waals surface area contributed by atoms with E-state index in [0.717, 1.165) is 7.87 Å². The topological polar surface area (TPSA) is 0 Å². The molecular weight excluding hydrogens is 434 g/mol. The Kier molecular flexibility index (Phi) is 5.69. The molecule has 0 heterocycles. The van der Waals surface area contributed by atoms with E-state index in [1.54, 1.807) is 12.1 Å². The van der Waals surface area contributed by atoms with Gasteiger partial charge in [0, 0.05) is 0 Å². The average molecular weight is 460 g/mol. The molecule has 2 saturated carbocycles. The van der Waals surface area contributed by atoms with Crippen LogP contribution in [0.4, 0.5) is 4.39 Å². The van der Waals surface area contributed by atoms with Gasteiger partial charge in [-0.3, -0.25) is 0 Å². The first-order valence-electron chi connectivity index (χ1n) is 8.66. The van der Waals surface area contributed by atoms with Crippen molar-refractivity contribution in [2.75, 3.05) is 0 Å². The van der Waals surface area contributed by atoms with Crippen LogP contribution in [0.2, 0.25) is 7.87 Å². The second-order valence-electron chi connectivity index (χ2n) is 6.94. The minimum atomic E-state index is -2.61. The third kappa shape index (κ3) is 3.51. The molecule has 2 fully saturated rings. The Morgan fingerprint density at radius 2 is 1.19 bits per heavy atom. The monoisotopic (exact) mass is 460 g/mol. The van der Waals surface area contributed by atoms with Gasteiger partial charge in [0.15, 0.2) is 0 Å². The molecule has 2 aliphatic carbocycles. The van der Waals surface area contributed by atoms with Gasteiger partial charge >= 0.3 is 139 Å². The van der Waals surface area contributed by atoms with Crippen molar-refractivity contribution in [1.29, 1.82) is 0 Å². The molecule has 0 amide bonds. The average Bonchev–Trinajstić information content (AvgIpc) is 2.56. The standard InChI is InChI=1S/C6H4F.2C6H11.BrH.Sn/c7-6-4-2-1-3-5-6;2*1-2-4-6-5-3-1;;/h2-5H;2*1H,2-6H2;1H;/q;;;;+1/p-1. The second kappa shape index (κ2) is 7.33. The molecule has 0 aromatic heterocycles. The Balaban J connectivity index is 1.93. The molecule has 1 aromatic rings. The Bertz CT molecular complexity index is 429. The van der Waals surface area contributed by atoms with E-state index in [4.69, 9.17) is 0 Å². The van der Waals surface area contributed by atoms with Crippen molar-refractivity contribution in [3.8, 4) is 0 Å². The fourth-order valence-corrected chi connectivity index (χ4v) is 26.1. The zero-order valence-electron chi connectivity index (χ0n) is 12.8. The fourth-order valence-electron chi connectivity index (χ4n) is 4.56. The Labute approximate surface area is 138 Å². The summed E-state index contributed by atoms with van der Waals surface area (Å²) in [5, 5.41) is 0. The van der Waals surface area contributed by atoms with E-state index in [2.05, 4.69) is 24.8 Å². The van der Waals surface area contributed by atoms with Gasteiger partial charge in [0.25, 0.3) is 0 Å². The maximum atomic E-state index is 13.4.